The minimum absolute atomic E-state index is 0.187. The maximum Gasteiger partial charge on any atom is 0.333 e. The van der Waals surface area contributed by atoms with Crippen molar-refractivity contribution in [3.05, 3.63) is 29.8 Å². The summed E-state index contributed by atoms with van der Waals surface area (Å²) in [7, 11) is -3.26. The number of carboxylic acid groups (broad SMARTS) is 1. The second kappa shape index (κ2) is 4.07. The Morgan fingerprint density at radius 1 is 1.28 bits per heavy atom. The summed E-state index contributed by atoms with van der Waals surface area (Å²) in [6.07, 6.45) is 0.861. The van der Waals surface area contributed by atoms with Crippen molar-refractivity contribution in [3.8, 4) is 0 Å². The summed E-state index contributed by atoms with van der Waals surface area (Å²) in [6, 6.07) is 6.05. The topological polar surface area (TPSA) is 91.7 Å². The molecule has 1 saturated carbocycles. The monoisotopic (exact) mass is 270 g/mol. The summed E-state index contributed by atoms with van der Waals surface area (Å²) in [5.41, 5.74) is -0.0770. The number of sulfone groups is 1. The first-order chi connectivity index (χ1) is 8.27. The number of hydrogen-bond acceptors (Lipinski definition) is 4. The molecule has 0 bridgehead atoms. The number of hydrogen-bond donors (Lipinski definition) is 2. The van der Waals surface area contributed by atoms with Gasteiger partial charge in [0.25, 0.3) is 0 Å². The lowest BCUT2D eigenvalue weighted by molar-refractivity contribution is -0.148. The lowest BCUT2D eigenvalue weighted by Crippen LogP contribution is -2.33. The van der Waals surface area contributed by atoms with Gasteiger partial charge in [-0.15, -0.1) is 0 Å². The zero-order valence-corrected chi connectivity index (χ0v) is 10.6. The third-order valence-electron chi connectivity index (χ3n) is 3.40. The highest BCUT2D eigenvalue weighted by atomic mass is 32.2. The lowest BCUT2D eigenvalue weighted by Gasteiger charge is -2.19. The molecule has 1 aliphatic carbocycles. The van der Waals surface area contributed by atoms with E-state index in [1.165, 1.54) is 12.1 Å². The zero-order chi connectivity index (χ0) is 13.6. The van der Waals surface area contributed by atoms with Gasteiger partial charge in [0.2, 0.25) is 0 Å². The maximum atomic E-state index is 11.3. The van der Waals surface area contributed by atoms with E-state index in [9.17, 15) is 18.3 Å². The Kier molecular flexibility index (Phi) is 2.95. The molecule has 6 heteroatoms. The Morgan fingerprint density at radius 2 is 1.78 bits per heavy atom. The van der Waals surface area contributed by atoms with Gasteiger partial charge in [-0.3, -0.25) is 0 Å². The predicted octanol–water partition coefficient (Wildman–Crippen LogP) is 0.567. The van der Waals surface area contributed by atoms with Crippen LogP contribution in [0.1, 0.15) is 18.4 Å². The molecule has 5 nitrogen and oxygen atoms in total. The zero-order valence-electron chi connectivity index (χ0n) is 9.83. The molecule has 0 heterocycles. The Hall–Kier alpha value is -1.40. The molecule has 0 aliphatic heterocycles. The van der Waals surface area contributed by atoms with Crippen LogP contribution in [0.5, 0.6) is 0 Å². The van der Waals surface area contributed by atoms with Gasteiger partial charge in [-0.05, 0) is 30.5 Å². The van der Waals surface area contributed by atoms with Crippen molar-refractivity contribution in [2.24, 2.45) is 0 Å². The minimum Gasteiger partial charge on any atom is -0.479 e. The molecule has 0 spiro atoms. The number of rotatable bonds is 4. The second-order valence-corrected chi connectivity index (χ2v) is 6.71. The van der Waals surface area contributed by atoms with Crippen LogP contribution in [-0.2, 0) is 20.0 Å². The number of carboxylic acids is 1. The van der Waals surface area contributed by atoms with E-state index >= 15 is 0 Å². The molecule has 1 unspecified atom stereocenters. The number of aliphatic hydroxyl groups is 1. The van der Waals surface area contributed by atoms with Crippen LogP contribution in [0.2, 0.25) is 0 Å². The first-order valence-corrected chi connectivity index (χ1v) is 7.38. The molecule has 1 fully saturated rings. The first kappa shape index (κ1) is 13.0. The molecular weight excluding hydrogens is 256 g/mol. The SMILES string of the molecule is CS(=O)(=O)c1ccc(C2(C(O)C(=O)O)CC2)cc1. The summed E-state index contributed by atoms with van der Waals surface area (Å²) >= 11 is 0. The Labute approximate surface area is 105 Å². The number of benzene rings is 1. The standard InChI is InChI=1S/C12H14O5S/c1-18(16,17)9-4-2-8(3-5-9)12(6-7-12)10(13)11(14)15/h2-5,10,13H,6-7H2,1H3,(H,14,15). The van der Waals surface area contributed by atoms with Gasteiger partial charge in [-0.25, -0.2) is 13.2 Å². The second-order valence-electron chi connectivity index (χ2n) is 4.69. The van der Waals surface area contributed by atoms with Gasteiger partial charge in [-0.1, -0.05) is 12.1 Å². The van der Waals surface area contributed by atoms with E-state index in [1.54, 1.807) is 12.1 Å². The van der Waals surface area contributed by atoms with Gasteiger partial charge >= 0.3 is 5.97 Å². The average molecular weight is 270 g/mol. The van der Waals surface area contributed by atoms with Gasteiger partial charge in [-0.2, -0.15) is 0 Å². The first-order valence-electron chi connectivity index (χ1n) is 5.49. The Bertz CT molecular complexity index is 569. The summed E-state index contributed by atoms with van der Waals surface area (Å²) in [4.78, 5) is 11.0. The molecule has 0 amide bonds. The van der Waals surface area contributed by atoms with Crippen LogP contribution in [0.3, 0.4) is 0 Å². The molecule has 1 aliphatic rings. The van der Waals surface area contributed by atoms with Crippen LogP contribution in [0, 0.1) is 0 Å². The highest BCUT2D eigenvalue weighted by molar-refractivity contribution is 7.90. The van der Waals surface area contributed by atoms with Gasteiger partial charge < -0.3 is 10.2 Å². The van der Waals surface area contributed by atoms with Crippen LogP contribution in [0.4, 0.5) is 0 Å². The number of carbonyl (C=O) groups is 1. The van der Waals surface area contributed by atoms with Gasteiger partial charge in [0.05, 0.1) is 4.90 Å². The smallest absolute Gasteiger partial charge is 0.333 e. The fourth-order valence-corrected chi connectivity index (χ4v) is 2.76. The molecular formula is C12H14O5S. The Morgan fingerprint density at radius 3 is 2.11 bits per heavy atom. The van der Waals surface area contributed by atoms with Crippen molar-refractivity contribution in [2.75, 3.05) is 6.26 Å². The van der Waals surface area contributed by atoms with Crippen molar-refractivity contribution >= 4 is 15.8 Å². The summed E-state index contributed by atoms with van der Waals surface area (Å²) < 4.78 is 22.6. The fraction of sp³-hybridized carbons (Fsp3) is 0.417. The molecule has 2 rings (SSSR count). The summed E-state index contributed by atoms with van der Waals surface area (Å²) in [6.45, 7) is 0. The van der Waals surface area contributed by atoms with E-state index < -0.39 is 27.3 Å². The van der Waals surface area contributed by atoms with Crippen molar-refractivity contribution in [2.45, 2.75) is 29.3 Å². The molecule has 0 saturated heterocycles. The highest BCUT2D eigenvalue weighted by Gasteiger charge is 2.53. The van der Waals surface area contributed by atoms with E-state index in [1.807, 2.05) is 0 Å². The highest BCUT2D eigenvalue weighted by Crippen LogP contribution is 2.51. The van der Waals surface area contributed by atoms with E-state index in [2.05, 4.69) is 0 Å². The number of aliphatic carboxylic acids is 1. The van der Waals surface area contributed by atoms with E-state index in [-0.39, 0.29) is 4.90 Å². The van der Waals surface area contributed by atoms with Crippen LogP contribution in [0.25, 0.3) is 0 Å². The van der Waals surface area contributed by atoms with Gasteiger partial charge in [0.15, 0.2) is 15.9 Å². The van der Waals surface area contributed by atoms with Crippen LogP contribution in [-0.4, -0.2) is 37.0 Å². The molecule has 1 atom stereocenters. The maximum absolute atomic E-state index is 11.3. The van der Waals surface area contributed by atoms with Crippen LogP contribution in [0.15, 0.2) is 29.2 Å². The third-order valence-corrected chi connectivity index (χ3v) is 4.53. The van der Waals surface area contributed by atoms with Crippen molar-refractivity contribution in [1.82, 2.24) is 0 Å². The molecule has 0 aromatic heterocycles. The normalized spacial score (nSPS) is 19.2. The molecule has 1 aromatic rings. The van der Waals surface area contributed by atoms with Gasteiger partial charge in [0, 0.05) is 11.7 Å². The van der Waals surface area contributed by atoms with E-state index in [4.69, 9.17) is 5.11 Å². The molecule has 0 radical (unpaired) electrons. The molecule has 18 heavy (non-hydrogen) atoms. The molecule has 1 aromatic carbocycles. The lowest BCUT2D eigenvalue weighted by atomic mass is 9.90. The summed E-state index contributed by atoms with van der Waals surface area (Å²) in [5, 5.41) is 18.5. The minimum atomic E-state index is -3.26. The van der Waals surface area contributed by atoms with Crippen molar-refractivity contribution < 1.29 is 23.4 Å². The fourth-order valence-electron chi connectivity index (χ4n) is 2.13. The summed E-state index contributed by atoms with van der Waals surface area (Å²) in [5.74, 6) is -1.25. The van der Waals surface area contributed by atoms with Crippen molar-refractivity contribution in [1.29, 1.82) is 0 Å². The van der Waals surface area contributed by atoms with Crippen LogP contribution < -0.4 is 0 Å². The largest absolute Gasteiger partial charge is 0.479 e. The Balaban J connectivity index is 2.34. The number of aliphatic hydroxyl groups excluding tert-OH is 1. The average Bonchev–Trinajstić information content (AvgIpc) is 3.08. The predicted molar refractivity (Wildman–Crippen MR) is 64.1 cm³/mol. The van der Waals surface area contributed by atoms with Crippen LogP contribution >= 0.6 is 0 Å². The third kappa shape index (κ3) is 2.13. The molecule has 98 valence electrons. The quantitative estimate of drug-likeness (QED) is 0.834. The van der Waals surface area contributed by atoms with E-state index in [0.717, 1.165) is 6.26 Å². The van der Waals surface area contributed by atoms with Crippen molar-refractivity contribution in [3.63, 3.8) is 0 Å². The van der Waals surface area contributed by atoms with Gasteiger partial charge in [0.1, 0.15) is 0 Å². The molecule has 2 N–H and O–H groups in total. The van der Waals surface area contributed by atoms with E-state index in [0.29, 0.717) is 18.4 Å².